The van der Waals surface area contributed by atoms with Gasteiger partial charge >= 0.3 is 6.03 Å². The molecule has 0 aliphatic carbocycles. The van der Waals surface area contributed by atoms with Gasteiger partial charge in [0, 0.05) is 29.3 Å². The number of H-pyrrole nitrogens is 1. The third kappa shape index (κ3) is 3.73. The van der Waals surface area contributed by atoms with Crippen molar-refractivity contribution < 1.29 is 14.4 Å². The maximum atomic E-state index is 12.5. The number of aromatic nitrogens is 1. The molecule has 2 heterocycles. The van der Waals surface area contributed by atoms with Crippen LogP contribution >= 0.6 is 0 Å². The molecule has 1 aromatic heterocycles. The fourth-order valence-electron chi connectivity index (χ4n) is 3.34. The van der Waals surface area contributed by atoms with Crippen LogP contribution in [0.2, 0.25) is 0 Å². The highest BCUT2D eigenvalue weighted by Crippen LogP contribution is 2.18. The fourth-order valence-corrected chi connectivity index (χ4v) is 3.34. The highest BCUT2D eigenvalue weighted by molar-refractivity contribution is 6.07. The van der Waals surface area contributed by atoms with Crippen LogP contribution in [0, 0.1) is 0 Å². The van der Waals surface area contributed by atoms with Crippen LogP contribution in [-0.2, 0) is 16.0 Å². The van der Waals surface area contributed by atoms with Crippen molar-refractivity contribution in [2.24, 2.45) is 0 Å². The van der Waals surface area contributed by atoms with Crippen molar-refractivity contribution in [1.29, 1.82) is 0 Å². The molecule has 3 N–H and O–H groups in total. The molecule has 7 nitrogen and oxygen atoms in total. The number of hydrogen-bond donors (Lipinski definition) is 3. The van der Waals surface area contributed by atoms with E-state index in [0.29, 0.717) is 12.1 Å². The molecular weight excluding hydrogens is 356 g/mol. The summed E-state index contributed by atoms with van der Waals surface area (Å²) in [7, 11) is 0. The van der Waals surface area contributed by atoms with Gasteiger partial charge in [0.05, 0.1) is 6.42 Å². The highest BCUT2D eigenvalue weighted by Gasteiger charge is 2.38. The maximum Gasteiger partial charge on any atom is 0.324 e. The predicted octanol–water partition coefficient (Wildman–Crippen LogP) is 2.66. The van der Waals surface area contributed by atoms with E-state index in [2.05, 4.69) is 15.6 Å². The quantitative estimate of drug-likeness (QED) is 0.577. The highest BCUT2D eigenvalue weighted by atomic mass is 16.2. The Bertz CT molecular complexity index is 1030. The van der Waals surface area contributed by atoms with Gasteiger partial charge in [0.2, 0.25) is 5.91 Å². The Morgan fingerprint density at radius 3 is 2.71 bits per heavy atom. The summed E-state index contributed by atoms with van der Waals surface area (Å²) in [6.45, 7) is 0.289. The number of nitrogens with zero attached hydrogens (tertiary/aromatic N) is 1. The first kappa shape index (κ1) is 17.8. The van der Waals surface area contributed by atoms with Gasteiger partial charge in [-0.25, -0.2) is 4.79 Å². The van der Waals surface area contributed by atoms with Gasteiger partial charge in [-0.2, -0.15) is 0 Å². The summed E-state index contributed by atoms with van der Waals surface area (Å²) >= 11 is 0. The smallest absolute Gasteiger partial charge is 0.324 e. The van der Waals surface area contributed by atoms with Gasteiger partial charge < -0.3 is 15.6 Å². The van der Waals surface area contributed by atoms with Crippen molar-refractivity contribution >= 4 is 34.4 Å². The molecule has 0 saturated carbocycles. The normalized spacial score (nSPS) is 16.4. The lowest BCUT2D eigenvalue weighted by Crippen LogP contribution is -2.34. The van der Waals surface area contributed by atoms with E-state index >= 15 is 0 Å². The molecule has 4 amide bonds. The number of fused-ring (bicyclic) bond motifs is 1. The Hall–Kier alpha value is -3.61. The largest absolute Gasteiger partial charge is 0.361 e. The van der Waals surface area contributed by atoms with Gasteiger partial charge in [0.25, 0.3) is 5.91 Å². The standard InChI is InChI=1S/C21H20N4O3/c26-19(23-16-6-7-17-15(12-16)8-10-22-17)13-18-20(27)25(21(28)24-18)11-9-14-4-2-1-3-5-14/h1-8,10,12,18,22H,9,11,13H2,(H,23,26)(H,24,28)/t18-/m0/s1. The summed E-state index contributed by atoms with van der Waals surface area (Å²) in [5.74, 6) is -0.685. The van der Waals surface area contributed by atoms with Gasteiger partial charge in [-0.15, -0.1) is 0 Å². The molecule has 2 aromatic carbocycles. The lowest BCUT2D eigenvalue weighted by molar-refractivity contribution is -0.129. The molecule has 0 unspecified atom stereocenters. The molecule has 0 radical (unpaired) electrons. The first-order valence-electron chi connectivity index (χ1n) is 9.13. The Balaban J connectivity index is 1.34. The van der Waals surface area contributed by atoms with Crippen molar-refractivity contribution in [2.45, 2.75) is 18.9 Å². The molecule has 142 valence electrons. The van der Waals surface area contributed by atoms with Gasteiger partial charge in [0.15, 0.2) is 0 Å². The van der Waals surface area contributed by atoms with E-state index in [1.165, 1.54) is 4.90 Å². The van der Waals surface area contributed by atoms with Crippen molar-refractivity contribution in [3.05, 3.63) is 66.4 Å². The Labute approximate surface area is 161 Å². The van der Waals surface area contributed by atoms with Crippen LogP contribution in [0.1, 0.15) is 12.0 Å². The number of benzene rings is 2. The average Bonchev–Trinajstić information content (AvgIpc) is 3.25. The van der Waals surface area contributed by atoms with Crippen LogP contribution < -0.4 is 10.6 Å². The lowest BCUT2D eigenvalue weighted by Gasteiger charge is -2.13. The fraction of sp³-hybridized carbons (Fsp3) is 0.190. The molecule has 7 heteroatoms. The molecule has 0 bridgehead atoms. The number of urea groups is 1. The minimum Gasteiger partial charge on any atom is -0.361 e. The van der Waals surface area contributed by atoms with Crippen molar-refractivity contribution in [1.82, 2.24) is 15.2 Å². The monoisotopic (exact) mass is 376 g/mol. The van der Waals surface area contributed by atoms with E-state index in [0.717, 1.165) is 16.5 Å². The third-order valence-corrected chi connectivity index (χ3v) is 4.80. The van der Waals surface area contributed by atoms with Crippen LogP contribution in [0.5, 0.6) is 0 Å². The molecule has 1 aliphatic rings. The predicted molar refractivity (Wildman–Crippen MR) is 106 cm³/mol. The first-order chi connectivity index (χ1) is 13.6. The average molecular weight is 376 g/mol. The van der Waals surface area contributed by atoms with Crippen LogP contribution in [0.3, 0.4) is 0 Å². The van der Waals surface area contributed by atoms with Crippen molar-refractivity contribution in [3.63, 3.8) is 0 Å². The van der Waals surface area contributed by atoms with E-state index in [4.69, 9.17) is 0 Å². The maximum absolute atomic E-state index is 12.5. The molecule has 4 rings (SSSR count). The second-order valence-corrected chi connectivity index (χ2v) is 6.76. The molecule has 1 aliphatic heterocycles. The Morgan fingerprint density at radius 2 is 1.89 bits per heavy atom. The topological polar surface area (TPSA) is 94.3 Å². The number of rotatable bonds is 6. The van der Waals surface area contributed by atoms with E-state index in [1.807, 2.05) is 54.7 Å². The minimum atomic E-state index is -0.834. The second kappa shape index (κ2) is 7.56. The van der Waals surface area contributed by atoms with Gasteiger partial charge in [0.1, 0.15) is 6.04 Å². The van der Waals surface area contributed by atoms with Crippen molar-refractivity contribution in [3.8, 4) is 0 Å². The zero-order chi connectivity index (χ0) is 19.5. The summed E-state index contributed by atoms with van der Waals surface area (Å²) in [6.07, 6.45) is 2.31. The number of imide groups is 1. The third-order valence-electron chi connectivity index (χ3n) is 4.80. The van der Waals surface area contributed by atoms with E-state index in [9.17, 15) is 14.4 Å². The summed E-state index contributed by atoms with van der Waals surface area (Å²) < 4.78 is 0. The number of amides is 4. The minimum absolute atomic E-state index is 0.0996. The van der Waals surface area contributed by atoms with E-state index in [1.54, 1.807) is 6.07 Å². The number of aromatic amines is 1. The molecule has 0 spiro atoms. The number of carbonyl (C=O) groups is 3. The van der Waals surface area contributed by atoms with Crippen LogP contribution in [0.15, 0.2) is 60.8 Å². The number of nitrogens with one attached hydrogen (secondary N) is 3. The second-order valence-electron chi connectivity index (χ2n) is 6.76. The van der Waals surface area contributed by atoms with Crippen LogP contribution in [-0.4, -0.2) is 40.3 Å². The molecule has 28 heavy (non-hydrogen) atoms. The van der Waals surface area contributed by atoms with Crippen molar-refractivity contribution in [2.75, 3.05) is 11.9 Å². The number of carbonyl (C=O) groups excluding carboxylic acids is 3. The zero-order valence-electron chi connectivity index (χ0n) is 15.1. The van der Waals surface area contributed by atoms with Gasteiger partial charge in [-0.1, -0.05) is 30.3 Å². The molecular formula is C21H20N4O3. The van der Waals surface area contributed by atoms with Gasteiger partial charge in [-0.3, -0.25) is 14.5 Å². The van der Waals surface area contributed by atoms with Crippen LogP contribution in [0.4, 0.5) is 10.5 Å². The zero-order valence-corrected chi connectivity index (χ0v) is 15.1. The summed E-state index contributed by atoms with van der Waals surface area (Å²) in [4.78, 5) is 41.3. The Kier molecular flexibility index (Phi) is 4.80. The number of anilines is 1. The van der Waals surface area contributed by atoms with Gasteiger partial charge in [-0.05, 0) is 36.2 Å². The van der Waals surface area contributed by atoms with E-state index < -0.39 is 12.1 Å². The Morgan fingerprint density at radius 1 is 1.07 bits per heavy atom. The first-order valence-corrected chi connectivity index (χ1v) is 9.13. The summed E-state index contributed by atoms with van der Waals surface area (Å²) in [5.41, 5.74) is 2.67. The SMILES string of the molecule is O=C(C[C@@H]1NC(=O)N(CCc2ccccc2)C1=O)Nc1ccc2[nH]ccc2c1. The molecule has 3 aromatic rings. The van der Waals surface area contributed by atoms with E-state index in [-0.39, 0.29) is 24.8 Å². The molecule has 1 fully saturated rings. The lowest BCUT2D eigenvalue weighted by atomic mass is 10.1. The summed E-state index contributed by atoms with van der Waals surface area (Å²) in [5, 5.41) is 6.37. The molecule has 1 saturated heterocycles. The summed E-state index contributed by atoms with van der Waals surface area (Å²) in [6, 6.07) is 15.8. The van der Waals surface area contributed by atoms with Crippen LogP contribution in [0.25, 0.3) is 10.9 Å². The molecule has 1 atom stereocenters. The number of hydrogen-bond acceptors (Lipinski definition) is 3.